The van der Waals surface area contributed by atoms with Gasteiger partial charge in [-0.15, -0.1) is 0 Å². The molecule has 4 rings (SSSR count). The molecular weight excluding hydrogens is 641 g/mol. The summed E-state index contributed by atoms with van der Waals surface area (Å²) in [5, 5.41) is 11.8. The van der Waals surface area contributed by atoms with Gasteiger partial charge in [0.15, 0.2) is 0 Å². The zero-order valence-electron chi connectivity index (χ0n) is 20.6. The highest BCUT2D eigenvalue weighted by molar-refractivity contribution is 7.90. The maximum absolute atomic E-state index is 12.0. The summed E-state index contributed by atoms with van der Waals surface area (Å²) in [6, 6.07) is 11.0. The van der Waals surface area contributed by atoms with E-state index in [2.05, 4.69) is 20.8 Å². The molecule has 0 saturated heterocycles. The highest BCUT2D eigenvalue weighted by Gasteiger charge is 2.26. The molecule has 0 heterocycles. The van der Waals surface area contributed by atoms with Gasteiger partial charge < -0.3 is 0 Å². The predicted molar refractivity (Wildman–Crippen MR) is 147 cm³/mol. The number of benzene rings is 3. The minimum absolute atomic E-state index is 0.0179. The third-order valence-corrected chi connectivity index (χ3v) is 9.14. The number of hydrogen-bond acceptors (Lipinski definition) is 12. The normalized spacial score (nSPS) is 15.4. The maximum atomic E-state index is 12.0. The van der Waals surface area contributed by atoms with Gasteiger partial charge in [-0.25, -0.2) is 0 Å². The summed E-state index contributed by atoms with van der Waals surface area (Å²) in [6.45, 7) is 0. The second-order valence-corrected chi connectivity index (χ2v) is 14.2. The Kier molecular flexibility index (Phi) is 8.19. The first-order valence-corrected chi connectivity index (χ1v) is 16.8. The fraction of sp³-hybridized carbons (Fsp3) is 0.0455. The Hall–Kier alpha value is -3.89. The molecule has 3 aromatic rings. The summed E-state index contributed by atoms with van der Waals surface area (Å²) in [4.78, 5) is -2.19. The van der Waals surface area contributed by atoms with Gasteiger partial charge in [-0.2, -0.15) is 49.0 Å². The average Bonchev–Trinajstić information content (AvgIpc) is 2.88. The first-order chi connectivity index (χ1) is 19.3. The zero-order valence-corrected chi connectivity index (χ0v) is 23.9. The van der Waals surface area contributed by atoms with Gasteiger partial charge >= 0.3 is 0 Å². The lowest BCUT2D eigenvalue weighted by atomic mass is 9.95. The van der Waals surface area contributed by atoms with E-state index >= 15 is 0 Å². The van der Waals surface area contributed by atoms with E-state index in [4.69, 9.17) is 4.55 Å². The molecule has 42 heavy (non-hydrogen) atoms. The van der Waals surface area contributed by atoms with Crippen molar-refractivity contribution in [3.8, 4) is 0 Å². The molecule has 20 heteroatoms. The van der Waals surface area contributed by atoms with Crippen LogP contribution in [-0.2, 0) is 40.5 Å². The van der Waals surface area contributed by atoms with E-state index in [-0.39, 0.29) is 38.8 Å². The van der Waals surface area contributed by atoms with Crippen LogP contribution >= 0.6 is 0 Å². The Morgan fingerprint density at radius 3 is 1.76 bits per heavy atom. The molecule has 16 nitrogen and oxygen atoms in total. The van der Waals surface area contributed by atoms with Crippen LogP contribution in [0.25, 0.3) is 6.08 Å². The molecule has 222 valence electrons. The van der Waals surface area contributed by atoms with Crippen LogP contribution in [0.2, 0.25) is 0 Å². The molecule has 0 unspecified atom stereocenters. The molecule has 0 aromatic heterocycles. The Labute approximate surface area is 239 Å². The van der Waals surface area contributed by atoms with E-state index in [1.165, 1.54) is 24.3 Å². The van der Waals surface area contributed by atoms with Crippen LogP contribution in [0.15, 0.2) is 95.6 Å². The van der Waals surface area contributed by atoms with E-state index in [0.717, 1.165) is 42.5 Å². The summed E-state index contributed by atoms with van der Waals surface area (Å²) >= 11 is 0. The summed E-state index contributed by atoms with van der Waals surface area (Å²) in [5.74, 6) is 0. The Balaban J connectivity index is 1.74. The van der Waals surface area contributed by atoms with Crippen LogP contribution in [0, 0.1) is 0 Å². The van der Waals surface area contributed by atoms with Gasteiger partial charge in [-0.3, -0.25) is 23.6 Å². The molecular formula is C22H18N4O12S4. The van der Waals surface area contributed by atoms with Crippen LogP contribution < -0.4 is 5.43 Å². The number of nitrogens with zero attached hydrogens (tertiary/aromatic N) is 3. The second kappa shape index (κ2) is 11.1. The minimum atomic E-state index is -4.83. The lowest BCUT2D eigenvalue weighted by molar-refractivity contribution is 0.481. The van der Waals surface area contributed by atoms with Crippen molar-refractivity contribution in [3.05, 3.63) is 76.7 Å². The van der Waals surface area contributed by atoms with Gasteiger partial charge in [-0.05, 0) is 66.2 Å². The molecule has 5 N–H and O–H groups in total. The third kappa shape index (κ3) is 7.30. The van der Waals surface area contributed by atoms with Gasteiger partial charge in [0, 0.05) is 12.0 Å². The average molecular weight is 659 g/mol. The molecule has 0 fully saturated rings. The molecule has 0 amide bonds. The lowest BCUT2D eigenvalue weighted by Gasteiger charge is -2.18. The summed E-state index contributed by atoms with van der Waals surface area (Å²) < 4.78 is 131. The largest absolute Gasteiger partial charge is 0.296 e. The standard InChI is InChI=1S/C22H18N4O12S4/c27-39(28,29)16-4-1-14(2-5-16)23-24-15-3-8-22(42(36,37)38)21(11-15)26-25-20-12-18(41(33,34)35)10-13-9-17(40(30,31)32)6-7-19(13)20/h1-11,26H,12H2,(H,27,28,29)(H,30,31,32)(H,33,34,35)(H,36,37,38). The fourth-order valence-electron chi connectivity index (χ4n) is 3.65. The number of rotatable bonds is 8. The van der Waals surface area contributed by atoms with Gasteiger partial charge in [-0.1, -0.05) is 6.07 Å². The number of nitrogens with one attached hydrogen (secondary N) is 1. The molecule has 0 radical (unpaired) electrons. The molecule has 0 atom stereocenters. The van der Waals surface area contributed by atoms with Crippen molar-refractivity contribution in [2.75, 3.05) is 5.43 Å². The molecule has 0 aliphatic heterocycles. The third-order valence-electron chi connectivity index (χ3n) is 5.59. The minimum Gasteiger partial charge on any atom is -0.282 e. The van der Waals surface area contributed by atoms with Crippen LogP contribution in [0.3, 0.4) is 0 Å². The van der Waals surface area contributed by atoms with Crippen molar-refractivity contribution in [3.63, 3.8) is 0 Å². The van der Waals surface area contributed by atoms with Crippen molar-refractivity contribution in [1.29, 1.82) is 0 Å². The van der Waals surface area contributed by atoms with Crippen molar-refractivity contribution in [2.24, 2.45) is 15.3 Å². The van der Waals surface area contributed by atoms with Gasteiger partial charge in [0.05, 0.1) is 37.5 Å². The highest BCUT2D eigenvalue weighted by Crippen LogP contribution is 2.31. The summed E-state index contributed by atoms with van der Waals surface area (Å²) in [6.07, 6.45) is 0.468. The molecule has 0 bridgehead atoms. The smallest absolute Gasteiger partial charge is 0.282 e. The topological polar surface area (TPSA) is 267 Å². The molecule has 0 saturated carbocycles. The fourth-order valence-corrected chi connectivity index (χ4v) is 5.87. The second-order valence-electron chi connectivity index (χ2n) is 8.48. The first-order valence-electron chi connectivity index (χ1n) is 11.1. The summed E-state index contributed by atoms with van der Waals surface area (Å²) in [5.41, 5.74) is 2.23. The number of hydrogen-bond donors (Lipinski definition) is 5. The monoisotopic (exact) mass is 658 g/mol. The van der Waals surface area contributed by atoms with Gasteiger partial charge in [0.25, 0.3) is 40.5 Å². The number of azo groups is 1. The summed E-state index contributed by atoms with van der Waals surface area (Å²) in [7, 11) is -18.7. The molecule has 0 spiro atoms. The number of hydrazone groups is 1. The zero-order chi connectivity index (χ0) is 31.1. The number of fused-ring (bicyclic) bond motifs is 1. The van der Waals surface area contributed by atoms with E-state index in [1.807, 2.05) is 0 Å². The van der Waals surface area contributed by atoms with Crippen molar-refractivity contribution in [2.45, 2.75) is 21.1 Å². The Morgan fingerprint density at radius 2 is 1.19 bits per heavy atom. The predicted octanol–water partition coefficient (Wildman–Crippen LogP) is 3.29. The molecule has 1 aliphatic carbocycles. The Bertz CT molecular complexity index is 2120. The van der Waals surface area contributed by atoms with E-state index in [1.54, 1.807) is 0 Å². The first kappa shape index (κ1) is 31.1. The highest BCUT2D eigenvalue weighted by atomic mass is 32.2. The van der Waals surface area contributed by atoms with E-state index in [9.17, 15) is 47.3 Å². The van der Waals surface area contributed by atoms with Crippen LogP contribution in [-0.4, -0.2) is 57.6 Å². The SMILES string of the molecule is O=S(=O)(O)C1=Cc2cc(S(=O)(=O)O)ccc2C(=NNc2cc(N=Nc3ccc(S(=O)(=O)O)cc3)ccc2S(=O)(=O)O)C1. The lowest BCUT2D eigenvalue weighted by Crippen LogP contribution is -2.17. The molecule has 1 aliphatic rings. The van der Waals surface area contributed by atoms with Crippen LogP contribution in [0.1, 0.15) is 17.5 Å². The van der Waals surface area contributed by atoms with E-state index < -0.39 is 61.6 Å². The molecule has 3 aromatic carbocycles. The Morgan fingerprint density at radius 1 is 0.619 bits per heavy atom. The maximum Gasteiger partial charge on any atom is 0.296 e. The van der Waals surface area contributed by atoms with Gasteiger partial charge in [0.2, 0.25) is 0 Å². The van der Waals surface area contributed by atoms with Gasteiger partial charge in [0.1, 0.15) is 4.90 Å². The van der Waals surface area contributed by atoms with Crippen LogP contribution in [0.4, 0.5) is 17.1 Å². The quantitative estimate of drug-likeness (QED) is 0.132. The van der Waals surface area contributed by atoms with E-state index in [0.29, 0.717) is 0 Å². The number of anilines is 1. The van der Waals surface area contributed by atoms with Crippen molar-refractivity contribution < 1.29 is 51.9 Å². The number of allylic oxidation sites excluding steroid dienone is 1. The van der Waals surface area contributed by atoms with Crippen molar-refractivity contribution >= 4 is 69.3 Å². The van der Waals surface area contributed by atoms with Crippen molar-refractivity contribution in [1.82, 2.24) is 0 Å². The van der Waals surface area contributed by atoms with Crippen LogP contribution in [0.5, 0.6) is 0 Å².